The number of nitrogens with two attached hydrogens (primary N) is 1. The van der Waals surface area contributed by atoms with Gasteiger partial charge in [0.05, 0.1) is 7.11 Å². The van der Waals surface area contributed by atoms with Crippen molar-refractivity contribution in [3.05, 3.63) is 52.9 Å². The minimum absolute atomic E-state index is 0.123. The first-order valence-electron chi connectivity index (χ1n) is 5.55. The predicted octanol–water partition coefficient (Wildman–Crippen LogP) is 2.38. The summed E-state index contributed by atoms with van der Waals surface area (Å²) in [4.78, 5) is 8.13. The van der Waals surface area contributed by atoms with Gasteiger partial charge in [0.15, 0.2) is 0 Å². The highest BCUT2D eigenvalue weighted by Crippen LogP contribution is 2.18. The summed E-state index contributed by atoms with van der Waals surface area (Å²) in [6, 6.07) is 9.17. The summed E-state index contributed by atoms with van der Waals surface area (Å²) < 4.78 is 5.05. The van der Waals surface area contributed by atoms with Gasteiger partial charge in [-0.05, 0) is 17.7 Å². The number of ether oxygens (including phenoxy) is 1. The number of methoxy groups -OCH3 is 1. The standard InChI is InChI=1S/C13H14ClN3O/c1-18-13-7-11(16-8-17-13)6-12(15)9-2-4-10(14)5-3-9/h2-5,7-8,12H,6,15H2,1H3. The summed E-state index contributed by atoms with van der Waals surface area (Å²) in [5, 5.41) is 0.703. The van der Waals surface area contributed by atoms with Gasteiger partial charge in [-0.25, -0.2) is 9.97 Å². The molecule has 0 bridgehead atoms. The zero-order valence-corrected chi connectivity index (χ0v) is 10.8. The van der Waals surface area contributed by atoms with Crippen molar-refractivity contribution in [3.8, 4) is 5.88 Å². The summed E-state index contributed by atoms with van der Waals surface area (Å²) in [6.45, 7) is 0. The summed E-state index contributed by atoms with van der Waals surface area (Å²) in [6.07, 6.45) is 2.10. The van der Waals surface area contributed by atoms with Crippen LogP contribution in [0.1, 0.15) is 17.3 Å². The molecule has 18 heavy (non-hydrogen) atoms. The van der Waals surface area contributed by atoms with E-state index in [2.05, 4.69) is 9.97 Å². The van der Waals surface area contributed by atoms with Gasteiger partial charge in [-0.2, -0.15) is 0 Å². The van der Waals surface area contributed by atoms with Crippen LogP contribution in [0.25, 0.3) is 0 Å². The topological polar surface area (TPSA) is 61.0 Å². The minimum Gasteiger partial charge on any atom is -0.481 e. The van der Waals surface area contributed by atoms with Crippen molar-refractivity contribution >= 4 is 11.6 Å². The Labute approximate surface area is 111 Å². The number of hydrogen-bond donors (Lipinski definition) is 1. The van der Waals surface area contributed by atoms with Crippen LogP contribution in [0.3, 0.4) is 0 Å². The molecule has 2 rings (SSSR count). The lowest BCUT2D eigenvalue weighted by Gasteiger charge is -2.11. The van der Waals surface area contributed by atoms with Crippen LogP contribution in [0.2, 0.25) is 5.02 Å². The fraction of sp³-hybridized carbons (Fsp3) is 0.231. The Morgan fingerprint density at radius 2 is 2.00 bits per heavy atom. The molecule has 0 spiro atoms. The third-order valence-electron chi connectivity index (χ3n) is 2.63. The van der Waals surface area contributed by atoms with Crippen LogP contribution in [0.4, 0.5) is 0 Å². The van der Waals surface area contributed by atoms with Gasteiger partial charge >= 0.3 is 0 Å². The molecule has 0 aliphatic heterocycles. The molecule has 4 nitrogen and oxygen atoms in total. The van der Waals surface area contributed by atoms with Gasteiger partial charge in [0.25, 0.3) is 0 Å². The Morgan fingerprint density at radius 3 is 2.67 bits per heavy atom. The second kappa shape index (κ2) is 5.80. The van der Waals surface area contributed by atoms with Gasteiger partial charge in [0.2, 0.25) is 5.88 Å². The average Bonchev–Trinajstić information content (AvgIpc) is 2.39. The molecule has 1 heterocycles. The second-order valence-electron chi connectivity index (χ2n) is 3.91. The molecule has 2 N–H and O–H groups in total. The van der Waals surface area contributed by atoms with Crippen molar-refractivity contribution in [3.63, 3.8) is 0 Å². The highest BCUT2D eigenvalue weighted by Gasteiger charge is 2.09. The molecule has 0 saturated carbocycles. The van der Waals surface area contributed by atoms with Crippen LogP contribution in [-0.4, -0.2) is 17.1 Å². The van der Waals surface area contributed by atoms with E-state index in [1.807, 2.05) is 24.3 Å². The Bertz CT molecular complexity index is 516. The van der Waals surface area contributed by atoms with Crippen molar-refractivity contribution in [2.75, 3.05) is 7.11 Å². The number of halogens is 1. The molecule has 0 aliphatic rings. The van der Waals surface area contributed by atoms with Gasteiger partial charge in [0.1, 0.15) is 6.33 Å². The number of rotatable bonds is 4. The van der Waals surface area contributed by atoms with Gasteiger partial charge < -0.3 is 10.5 Å². The van der Waals surface area contributed by atoms with Crippen molar-refractivity contribution in [2.24, 2.45) is 5.73 Å². The fourth-order valence-electron chi connectivity index (χ4n) is 1.65. The van der Waals surface area contributed by atoms with Crippen molar-refractivity contribution in [2.45, 2.75) is 12.5 Å². The molecule has 1 aromatic carbocycles. The summed E-state index contributed by atoms with van der Waals surface area (Å²) >= 11 is 5.84. The second-order valence-corrected chi connectivity index (χ2v) is 4.35. The maximum Gasteiger partial charge on any atom is 0.216 e. The monoisotopic (exact) mass is 263 g/mol. The van der Waals surface area contributed by atoms with E-state index in [-0.39, 0.29) is 6.04 Å². The molecule has 94 valence electrons. The van der Waals surface area contributed by atoms with E-state index in [0.29, 0.717) is 17.3 Å². The molecule has 1 unspecified atom stereocenters. The third-order valence-corrected chi connectivity index (χ3v) is 2.89. The first kappa shape index (κ1) is 12.8. The number of benzene rings is 1. The number of hydrogen-bond acceptors (Lipinski definition) is 4. The lowest BCUT2D eigenvalue weighted by molar-refractivity contribution is 0.395. The summed E-state index contributed by atoms with van der Waals surface area (Å²) in [5.41, 5.74) is 8.00. The molecule has 5 heteroatoms. The van der Waals surface area contributed by atoms with E-state index in [9.17, 15) is 0 Å². The van der Waals surface area contributed by atoms with Crippen LogP contribution in [0.5, 0.6) is 5.88 Å². The Hall–Kier alpha value is -1.65. The Kier molecular flexibility index (Phi) is 4.12. The highest BCUT2D eigenvalue weighted by molar-refractivity contribution is 6.30. The number of nitrogens with zero attached hydrogens (tertiary/aromatic N) is 2. The highest BCUT2D eigenvalue weighted by atomic mass is 35.5. The molecular formula is C13H14ClN3O. The largest absolute Gasteiger partial charge is 0.481 e. The van der Waals surface area contributed by atoms with Crippen LogP contribution in [0, 0.1) is 0 Å². The van der Waals surface area contributed by atoms with Crippen LogP contribution < -0.4 is 10.5 Å². The maximum atomic E-state index is 6.12. The molecule has 0 amide bonds. The molecule has 0 radical (unpaired) electrons. The fourth-order valence-corrected chi connectivity index (χ4v) is 1.78. The van der Waals surface area contributed by atoms with Gasteiger partial charge in [-0.3, -0.25) is 0 Å². The predicted molar refractivity (Wildman–Crippen MR) is 70.7 cm³/mol. The van der Waals surface area contributed by atoms with Crippen molar-refractivity contribution < 1.29 is 4.74 Å². The van der Waals surface area contributed by atoms with E-state index in [1.54, 1.807) is 13.2 Å². The van der Waals surface area contributed by atoms with Crippen LogP contribution in [0.15, 0.2) is 36.7 Å². The van der Waals surface area contributed by atoms with E-state index in [1.165, 1.54) is 6.33 Å². The van der Waals surface area contributed by atoms with Gasteiger partial charge in [-0.15, -0.1) is 0 Å². The molecule has 0 aliphatic carbocycles. The van der Waals surface area contributed by atoms with Crippen molar-refractivity contribution in [1.82, 2.24) is 9.97 Å². The lowest BCUT2D eigenvalue weighted by Crippen LogP contribution is -2.14. The molecular weight excluding hydrogens is 250 g/mol. The van der Waals surface area contributed by atoms with Gasteiger partial charge in [-0.1, -0.05) is 23.7 Å². The molecule has 0 saturated heterocycles. The smallest absolute Gasteiger partial charge is 0.216 e. The van der Waals surface area contributed by atoms with E-state index < -0.39 is 0 Å². The van der Waals surface area contributed by atoms with Crippen LogP contribution in [-0.2, 0) is 6.42 Å². The first-order chi connectivity index (χ1) is 8.69. The van der Waals surface area contributed by atoms with E-state index >= 15 is 0 Å². The summed E-state index contributed by atoms with van der Waals surface area (Å²) in [7, 11) is 1.57. The molecule has 1 atom stereocenters. The zero-order valence-electron chi connectivity index (χ0n) is 10.0. The van der Waals surface area contributed by atoms with E-state index in [0.717, 1.165) is 11.3 Å². The average molecular weight is 264 g/mol. The lowest BCUT2D eigenvalue weighted by atomic mass is 10.0. The molecule has 0 fully saturated rings. The normalized spacial score (nSPS) is 12.2. The minimum atomic E-state index is -0.123. The van der Waals surface area contributed by atoms with Gasteiger partial charge in [0, 0.05) is 29.2 Å². The Balaban J connectivity index is 2.10. The Morgan fingerprint density at radius 1 is 1.28 bits per heavy atom. The van der Waals surface area contributed by atoms with E-state index in [4.69, 9.17) is 22.1 Å². The zero-order chi connectivity index (χ0) is 13.0. The third kappa shape index (κ3) is 3.18. The molecule has 1 aromatic heterocycles. The van der Waals surface area contributed by atoms with Crippen LogP contribution >= 0.6 is 11.6 Å². The number of aromatic nitrogens is 2. The SMILES string of the molecule is COc1cc(CC(N)c2ccc(Cl)cc2)ncn1. The quantitative estimate of drug-likeness (QED) is 0.920. The molecule has 2 aromatic rings. The first-order valence-corrected chi connectivity index (χ1v) is 5.93. The summed E-state index contributed by atoms with van der Waals surface area (Å²) in [5.74, 6) is 0.545. The van der Waals surface area contributed by atoms with Crippen molar-refractivity contribution in [1.29, 1.82) is 0 Å². The maximum absolute atomic E-state index is 6.12.